The van der Waals surface area contributed by atoms with Crippen molar-refractivity contribution in [1.82, 2.24) is 4.98 Å². The molecule has 0 unspecified atom stereocenters. The summed E-state index contributed by atoms with van der Waals surface area (Å²) in [5.41, 5.74) is 8.74. The van der Waals surface area contributed by atoms with Gasteiger partial charge in [0.15, 0.2) is 0 Å². The van der Waals surface area contributed by atoms with E-state index in [1.165, 1.54) is 0 Å². The van der Waals surface area contributed by atoms with Gasteiger partial charge in [0.25, 0.3) is 0 Å². The molecule has 72 valence electrons. The predicted octanol–water partition coefficient (Wildman–Crippen LogP) is 2.76. The number of rotatable bonds is 1. The fraction of sp³-hybridized carbons (Fsp3) is 0.182. The van der Waals surface area contributed by atoms with E-state index < -0.39 is 0 Å². The number of halogens is 1. The van der Waals surface area contributed by atoms with Crippen LogP contribution in [-0.2, 0) is 6.54 Å². The summed E-state index contributed by atoms with van der Waals surface area (Å²) in [6.45, 7) is 2.53. The minimum Gasteiger partial charge on any atom is -0.326 e. The van der Waals surface area contributed by atoms with Gasteiger partial charge < -0.3 is 5.73 Å². The maximum atomic E-state index is 5.63. The number of aryl methyl sites for hydroxylation is 1. The van der Waals surface area contributed by atoms with E-state index in [-0.39, 0.29) is 0 Å². The Morgan fingerprint density at radius 1 is 1.43 bits per heavy atom. The van der Waals surface area contributed by atoms with Gasteiger partial charge >= 0.3 is 0 Å². The first-order valence-corrected chi connectivity index (χ1v) is 5.26. The van der Waals surface area contributed by atoms with E-state index in [0.717, 1.165) is 26.6 Å². The van der Waals surface area contributed by atoms with Gasteiger partial charge in [-0.25, -0.2) is 0 Å². The van der Waals surface area contributed by atoms with E-state index in [1.54, 1.807) is 0 Å². The van der Waals surface area contributed by atoms with Crippen LogP contribution >= 0.6 is 15.9 Å². The molecule has 3 heteroatoms. The van der Waals surface area contributed by atoms with E-state index in [1.807, 2.05) is 25.1 Å². The summed E-state index contributed by atoms with van der Waals surface area (Å²) in [4.78, 5) is 4.52. The van der Waals surface area contributed by atoms with E-state index in [0.29, 0.717) is 6.54 Å². The molecule has 0 bridgehead atoms. The van der Waals surface area contributed by atoms with E-state index in [9.17, 15) is 0 Å². The second-order valence-corrected chi connectivity index (χ2v) is 4.10. The minimum absolute atomic E-state index is 0.543. The maximum Gasteiger partial charge on any atom is 0.0847 e. The standard InChI is InChI=1S/C11H11BrN2/c1-7-9(6-13)5-8-3-2-4-10(12)11(8)14-7/h2-5H,6,13H2,1H3. The highest BCUT2D eigenvalue weighted by molar-refractivity contribution is 9.10. The van der Waals surface area contributed by atoms with Crippen molar-refractivity contribution in [2.75, 3.05) is 0 Å². The number of benzene rings is 1. The monoisotopic (exact) mass is 250 g/mol. The fourth-order valence-electron chi connectivity index (χ4n) is 1.50. The van der Waals surface area contributed by atoms with Crippen LogP contribution in [0.5, 0.6) is 0 Å². The molecule has 2 nitrogen and oxygen atoms in total. The number of fused-ring (bicyclic) bond motifs is 1. The van der Waals surface area contributed by atoms with Crippen LogP contribution in [0, 0.1) is 6.92 Å². The SMILES string of the molecule is Cc1nc2c(Br)cccc2cc1CN. The molecule has 0 saturated carbocycles. The Kier molecular flexibility index (Phi) is 2.52. The smallest absolute Gasteiger partial charge is 0.0847 e. The zero-order valence-electron chi connectivity index (χ0n) is 7.92. The Morgan fingerprint density at radius 2 is 2.21 bits per heavy atom. The summed E-state index contributed by atoms with van der Waals surface area (Å²) in [5, 5.41) is 1.13. The van der Waals surface area contributed by atoms with E-state index in [4.69, 9.17) is 5.73 Å². The molecule has 1 aromatic carbocycles. The van der Waals surface area contributed by atoms with Crippen LogP contribution < -0.4 is 5.73 Å². The van der Waals surface area contributed by atoms with Gasteiger partial charge in [0.2, 0.25) is 0 Å². The second-order valence-electron chi connectivity index (χ2n) is 3.25. The molecule has 0 aliphatic heterocycles. The molecule has 2 N–H and O–H groups in total. The van der Waals surface area contributed by atoms with Crippen molar-refractivity contribution in [3.8, 4) is 0 Å². The first-order valence-electron chi connectivity index (χ1n) is 4.47. The topological polar surface area (TPSA) is 38.9 Å². The third-order valence-electron chi connectivity index (χ3n) is 2.31. The van der Waals surface area contributed by atoms with Crippen LogP contribution in [0.25, 0.3) is 10.9 Å². The Labute approximate surface area is 91.3 Å². The zero-order chi connectivity index (χ0) is 10.1. The van der Waals surface area contributed by atoms with Crippen LogP contribution in [-0.4, -0.2) is 4.98 Å². The lowest BCUT2D eigenvalue weighted by Gasteiger charge is -2.05. The molecule has 0 atom stereocenters. The fourth-order valence-corrected chi connectivity index (χ4v) is 1.97. The van der Waals surface area contributed by atoms with Crippen LogP contribution in [0.1, 0.15) is 11.3 Å². The molecule has 0 aliphatic carbocycles. The Bertz CT molecular complexity index is 480. The molecule has 2 rings (SSSR count). The molecule has 1 heterocycles. The number of nitrogens with two attached hydrogens (primary N) is 1. The van der Waals surface area contributed by atoms with Crippen molar-refractivity contribution >= 4 is 26.8 Å². The van der Waals surface area contributed by atoms with Crippen molar-refractivity contribution in [2.24, 2.45) is 5.73 Å². The summed E-state index contributed by atoms with van der Waals surface area (Å²) < 4.78 is 1.03. The summed E-state index contributed by atoms with van der Waals surface area (Å²) in [6, 6.07) is 8.15. The van der Waals surface area contributed by atoms with Crippen molar-refractivity contribution in [3.63, 3.8) is 0 Å². The van der Waals surface area contributed by atoms with E-state index >= 15 is 0 Å². The van der Waals surface area contributed by atoms with Crippen molar-refractivity contribution in [1.29, 1.82) is 0 Å². The van der Waals surface area contributed by atoms with Gasteiger partial charge in [-0.2, -0.15) is 0 Å². The molecule has 0 aliphatic rings. The first-order chi connectivity index (χ1) is 6.72. The van der Waals surface area contributed by atoms with Crippen molar-refractivity contribution < 1.29 is 0 Å². The van der Waals surface area contributed by atoms with Gasteiger partial charge in [-0.05, 0) is 40.5 Å². The third-order valence-corrected chi connectivity index (χ3v) is 2.95. The Balaban J connectivity index is 2.79. The number of pyridine rings is 1. The number of hydrogen-bond donors (Lipinski definition) is 1. The zero-order valence-corrected chi connectivity index (χ0v) is 9.51. The van der Waals surface area contributed by atoms with Gasteiger partial charge in [-0.15, -0.1) is 0 Å². The van der Waals surface area contributed by atoms with Crippen LogP contribution in [0.15, 0.2) is 28.7 Å². The van der Waals surface area contributed by atoms with Gasteiger partial charge in [0.05, 0.1) is 5.52 Å². The third kappa shape index (κ3) is 1.53. The summed E-state index contributed by atoms with van der Waals surface area (Å²) in [6.07, 6.45) is 0. The van der Waals surface area contributed by atoms with Gasteiger partial charge in [0, 0.05) is 22.1 Å². The lowest BCUT2D eigenvalue weighted by Crippen LogP contribution is -2.01. The lowest BCUT2D eigenvalue weighted by atomic mass is 10.1. The Morgan fingerprint density at radius 3 is 2.93 bits per heavy atom. The average Bonchev–Trinajstić information content (AvgIpc) is 2.19. The molecular formula is C11H11BrN2. The number of aromatic nitrogens is 1. The van der Waals surface area contributed by atoms with Crippen LogP contribution in [0.4, 0.5) is 0 Å². The highest BCUT2D eigenvalue weighted by Crippen LogP contribution is 2.23. The molecule has 0 radical (unpaired) electrons. The summed E-state index contributed by atoms with van der Waals surface area (Å²) >= 11 is 3.48. The second kappa shape index (κ2) is 3.67. The molecule has 0 amide bonds. The molecule has 0 saturated heterocycles. The van der Waals surface area contributed by atoms with Gasteiger partial charge in [0.1, 0.15) is 0 Å². The molecule has 2 aromatic rings. The van der Waals surface area contributed by atoms with Crippen LogP contribution in [0.3, 0.4) is 0 Å². The number of para-hydroxylation sites is 1. The Hall–Kier alpha value is -0.930. The highest BCUT2D eigenvalue weighted by Gasteiger charge is 2.03. The molecule has 14 heavy (non-hydrogen) atoms. The number of hydrogen-bond acceptors (Lipinski definition) is 2. The summed E-state index contributed by atoms with van der Waals surface area (Å²) in [5.74, 6) is 0. The highest BCUT2D eigenvalue weighted by atomic mass is 79.9. The predicted molar refractivity (Wildman–Crippen MR) is 62.1 cm³/mol. The average molecular weight is 251 g/mol. The first kappa shape index (κ1) is 9.62. The van der Waals surface area contributed by atoms with Crippen molar-refractivity contribution in [2.45, 2.75) is 13.5 Å². The maximum absolute atomic E-state index is 5.63. The summed E-state index contributed by atoms with van der Waals surface area (Å²) in [7, 11) is 0. The largest absolute Gasteiger partial charge is 0.326 e. The van der Waals surface area contributed by atoms with Gasteiger partial charge in [-0.1, -0.05) is 12.1 Å². The quantitative estimate of drug-likeness (QED) is 0.846. The van der Waals surface area contributed by atoms with Crippen molar-refractivity contribution in [3.05, 3.63) is 40.0 Å². The minimum atomic E-state index is 0.543. The molecular weight excluding hydrogens is 240 g/mol. The number of nitrogens with zero attached hydrogens (tertiary/aromatic N) is 1. The van der Waals surface area contributed by atoms with Crippen LogP contribution in [0.2, 0.25) is 0 Å². The molecule has 1 aromatic heterocycles. The molecule has 0 spiro atoms. The normalized spacial score (nSPS) is 10.8. The van der Waals surface area contributed by atoms with Gasteiger partial charge in [-0.3, -0.25) is 4.98 Å². The van der Waals surface area contributed by atoms with E-state index in [2.05, 4.69) is 27.0 Å². The lowest BCUT2D eigenvalue weighted by molar-refractivity contribution is 1.02. The molecule has 0 fully saturated rings.